The highest BCUT2D eigenvalue weighted by atomic mass is 31.2. The Hall–Kier alpha value is -2.04. The van der Waals surface area contributed by atoms with Gasteiger partial charge in [-0.05, 0) is 38.5 Å². The van der Waals surface area contributed by atoms with E-state index in [2.05, 4.69) is 42.7 Å². The number of allylic oxidation sites excluding steroid dienone is 4. The van der Waals surface area contributed by atoms with E-state index < -0.39 is 51.1 Å². The number of phosphoric ester groups is 1. The van der Waals surface area contributed by atoms with Crippen LogP contribution in [0.4, 0.5) is 0 Å². The fourth-order valence-electron chi connectivity index (χ4n) is 6.49. The molecule has 0 aromatic carbocycles. The lowest BCUT2D eigenvalue weighted by atomic mass is 10.0. The minimum Gasteiger partial charge on any atom is -0.480 e. The lowest BCUT2D eigenvalue weighted by Crippen LogP contribution is -2.34. The molecule has 3 atom stereocenters. The first kappa shape index (κ1) is 56.0. The molecular weight excluding hydrogens is 757 g/mol. The zero-order chi connectivity index (χ0) is 42.8. The molecule has 0 aliphatic rings. The average molecular weight is 844 g/mol. The molecule has 4 N–H and O–H groups in total. The van der Waals surface area contributed by atoms with Crippen molar-refractivity contribution in [2.24, 2.45) is 5.73 Å². The minimum atomic E-state index is -4.72. The summed E-state index contributed by atoms with van der Waals surface area (Å²) in [6.07, 6.45) is 43.9. The molecule has 0 fully saturated rings. The molecule has 3 unspecified atom stereocenters. The Kier molecular flexibility index (Phi) is 40.2. The summed E-state index contributed by atoms with van der Waals surface area (Å²) in [4.78, 5) is 46.0. The number of hydrogen-bond donors (Lipinski definition) is 3. The third-order valence-corrected chi connectivity index (χ3v) is 11.2. The van der Waals surface area contributed by atoms with E-state index >= 15 is 0 Å². The van der Waals surface area contributed by atoms with E-state index in [4.69, 9.17) is 24.8 Å². The lowest BCUT2D eigenvalue weighted by Gasteiger charge is -2.20. The van der Waals surface area contributed by atoms with Gasteiger partial charge in [0, 0.05) is 12.8 Å². The lowest BCUT2D eigenvalue weighted by molar-refractivity contribution is -0.161. The third-order valence-electron chi connectivity index (χ3n) is 10.2. The average Bonchev–Trinajstić information content (AvgIpc) is 3.20. The topological polar surface area (TPSA) is 172 Å². The van der Waals surface area contributed by atoms with E-state index in [-0.39, 0.29) is 19.4 Å². The molecule has 0 aromatic rings. The van der Waals surface area contributed by atoms with E-state index in [1.807, 2.05) is 0 Å². The number of carbonyl (C=O) groups excluding carboxylic acids is 2. The number of aliphatic carboxylic acids is 1. The normalized spacial score (nSPS) is 13.9. The van der Waals surface area contributed by atoms with Crippen LogP contribution < -0.4 is 5.73 Å². The van der Waals surface area contributed by atoms with Gasteiger partial charge in [-0.3, -0.25) is 23.4 Å². The number of phosphoric acid groups is 1. The van der Waals surface area contributed by atoms with Crippen LogP contribution in [0, 0.1) is 0 Å². The summed E-state index contributed by atoms with van der Waals surface area (Å²) >= 11 is 0. The number of hydrogen-bond acceptors (Lipinski definition) is 9. The molecule has 0 heterocycles. The summed E-state index contributed by atoms with van der Waals surface area (Å²) in [6, 6.07) is -1.52. The minimum absolute atomic E-state index is 0.148. The number of ether oxygens (including phenoxy) is 2. The van der Waals surface area contributed by atoms with E-state index in [1.165, 1.54) is 116 Å². The van der Waals surface area contributed by atoms with Crippen molar-refractivity contribution in [3.63, 3.8) is 0 Å². The van der Waals surface area contributed by atoms with Gasteiger partial charge in [0.25, 0.3) is 0 Å². The highest BCUT2D eigenvalue weighted by Gasteiger charge is 2.28. The predicted molar refractivity (Wildman–Crippen MR) is 236 cm³/mol. The molecule has 0 bridgehead atoms. The zero-order valence-electron chi connectivity index (χ0n) is 36.9. The first-order chi connectivity index (χ1) is 28.1. The van der Waals surface area contributed by atoms with Gasteiger partial charge in [0.2, 0.25) is 0 Å². The van der Waals surface area contributed by atoms with Crippen LogP contribution in [0.25, 0.3) is 0 Å². The van der Waals surface area contributed by atoms with E-state index in [0.717, 1.165) is 64.2 Å². The summed E-state index contributed by atoms with van der Waals surface area (Å²) in [6.45, 7) is 2.77. The van der Waals surface area contributed by atoms with Gasteiger partial charge >= 0.3 is 25.7 Å². The second-order valence-electron chi connectivity index (χ2n) is 15.9. The molecule has 0 aliphatic carbocycles. The standard InChI is InChI=1S/C46H86NO10P/c1-3-5-7-9-11-13-15-17-19-20-21-22-23-24-26-27-29-31-33-35-37-44(48)54-39-42(40-55-58(52,53)56-41-43(47)46(50)51)57-45(49)38-36-34-32-30-28-25-18-16-14-12-10-8-6-4-2/h10,12,16,18,42-43H,3-9,11,13-15,17,19-41,47H2,1-2H3,(H,50,51)(H,52,53)/b12-10-,18-16-. The maximum absolute atomic E-state index is 12.6. The zero-order valence-corrected chi connectivity index (χ0v) is 37.8. The first-order valence-electron chi connectivity index (χ1n) is 23.4. The molecule has 0 saturated heterocycles. The summed E-state index contributed by atoms with van der Waals surface area (Å²) in [7, 11) is -4.72. The third kappa shape index (κ3) is 40.7. The van der Waals surface area contributed by atoms with Crippen molar-refractivity contribution < 1.29 is 47.5 Å². The number of carboxylic acids is 1. The fourth-order valence-corrected chi connectivity index (χ4v) is 7.27. The molecule has 340 valence electrons. The fraction of sp³-hybridized carbons (Fsp3) is 0.848. The Morgan fingerprint density at radius 1 is 0.534 bits per heavy atom. The molecule has 0 aromatic heterocycles. The van der Waals surface area contributed by atoms with Crippen LogP contribution in [0.3, 0.4) is 0 Å². The number of carbonyl (C=O) groups is 3. The van der Waals surface area contributed by atoms with Crippen molar-refractivity contribution in [1.82, 2.24) is 0 Å². The van der Waals surface area contributed by atoms with Gasteiger partial charge in [-0.15, -0.1) is 0 Å². The number of nitrogens with two attached hydrogens (primary N) is 1. The number of rotatable bonds is 44. The first-order valence-corrected chi connectivity index (χ1v) is 24.9. The van der Waals surface area contributed by atoms with Crippen LogP contribution in [0.2, 0.25) is 0 Å². The Morgan fingerprint density at radius 2 is 0.931 bits per heavy atom. The highest BCUT2D eigenvalue weighted by Crippen LogP contribution is 2.43. The molecule has 58 heavy (non-hydrogen) atoms. The van der Waals surface area contributed by atoms with Crippen molar-refractivity contribution in [2.45, 2.75) is 231 Å². The maximum atomic E-state index is 12.6. The van der Waals surface area contributed by atoms with E-state index in [1.54, 1.807) is 0 Å². The van der Waals surface area contributed by atoms with Crippen LogP contribution in [0.5, 0.6) is 0 Å². The van der Waals surface area contributed by atoms with Crippen molar-refractivity contribution in [2.75, 3.05) is 19.8 Å². The monoisotopic (exact) mass is 844 g/mol. The van der Waals surface area contributed by atoms with Gasteiger partial charge < -0.3 is 25.2 Å². The second kappa shape index (κ2) is 41.7. The van der Waals surface area contributed by atoms with Gasteiger partial charge in [0.15, 0.2) is 6.10 Å². The van der Waals surface area contributed by atoms with Crippen molar-refractivity contribution in [1.29, 1.82) is 0 Å². The molecule has 11 nitrogen and oxygen atoms in total. The van der Waals surface area contributed by atoms with Crippen LogP contribution in [-0.2, 0) is 37.5 Å². The van der Waals surface area contributed by atoms with Crippen LogP contribution in [-0.4, -0.2) is 59.9 Å². The predicted octanol–water partition coefficient (Wildman–Crippen LogP) is 12.6. The summed E-state index contributed by atoms with van der Waals surface area (Å²) in [5, 5.41) is 8.89. The molecule has 12 heteroatoms. The quantitative estimate of drug-likeness (QED) is 0.0231. The summed E-state index contributed by atoms with van der Waals surface area (Å²) in [5.41, 5.74) is 5.34. The summed E-state index contributed by atoms with van der Waals surface area (Å²) < 4.78 is 32.7. The molecular formula is C46H86NO10P. The largest absolute Gasteiger partial charge is 0.480 e. The SMILES string of the molecule is CCCC/C=C\C/C=C\CCCCCCCC(=O)OC(COC(=O)CCCCCCCCCCCCCCCCCCCCCC)COP(=O)(O)OCC(N)C(=O)O. The van der Waals surface area contributed by atoms with Gasteiger partial charge in [-0.2, -0.15) is 0 Å². The van der Waals surface area contributed by atoms with Gasteiger partial charge in [-0.1, -0.05) is 192 Å². The van der Waals surface area contributed by atoms with Crippen LogP contribution in [0.1, 0.15) is 219 Å². The Morgan fingerprint density at radius 3 is 1.40 bits per heavy atom. The van der Waals surface area contributed by atoms with Crippen LogP contribution in [0.15, 0.2) is 24.3 Å². The van der Waals surface area contributed by atoms with Gasteiger partial charge in [0.1, 0.15) is 12.6 Å². The van der Waals surface area contributed by atoms with Crippen molar-refractivity contribution >= 4 is 25.7 Å². The number of unbranched alkanes of at least 4 members (excludes halogenated alkanes) is 26. The molecule has 0 aliphatic heterocycles. The molecule has 0 amide bonds. The molecule has 0 spiro atoms. The Bertz CT molecular complexity index is 1080. The molecule has 0 saturated carbocycles. The van der Waals surface area contributed by atoms with Gasteiger partial charge in [0.05, 0.1) is 13.2 Å². The van der Waals surface area contributed by atoms with Crippen molar-refractivity contribution in [3.05, 3.63) is 24.3 Å². The summed E-state index contributed by atoms with van der Waals surface area (Å²) in [5.74, 6) is -2.38. The number of esters is 2. The maximum Gasteiger partial charge on any atom is 0.472 e. The Labute approximate surface area is 353 Å². The number of carboxylic acid groups (broad SMARTS) is 1. The molecule has 0 radical (unpaired) electrons. The van der Waals surface area contributed by atoms with Gasteiger partial charge in [-0.25, -0.2) is 4.57 Å². The molecule has 0 rings (SSSR count). The van der Waals surface area contributed by atoms with Crippen LogP contribution >= 0.6 is 7.82 Å². The van der Waals surface area contributed by atoms with E-state index in [0.29, 0.717) is 12.8 Å². The second-order valence-corrected chi connectivity index (χ2v) is 17.3. The Balaban J connectivity index is 4.26. The smallest absolute Gasteiger partial charge is 0.472 e. The van der Waals surface area contributed by atoms with E-state index in [9.17, 15) is 23.8 Å². The highest BCUT2D eigenvalue weighted by molar-refractivity contribution is 7.47. The van der Waals surface area contributed by atoms with Crippen molar-refractivity contribution in [3.8, 4) is 0 Å².